The second kappa shape index (κ2) is 10.1. The van der Waals surface area contributed by atoms with Gasteiger partial charge in [-0.2, -0.15) is 0 Å². The molecule has 0 fully saturated rings. The average Bonchev–Trinajstić information content (AvgIpc) is 3.09. The Morgan fingerprint density at radius 2 is 1.68 bits per heavy atom. The topological polar surface area (TPSA) is 45.6 Å². The van der Waals surface area contributed by atoms with Gasteiger partial charge in [-0.3, -0.25) is 9.59 Å². The van der Waals surface area contributed by atoms with Gasteiger partial charge in [0.2, 0.25) is 11.8 Å². The monoisotopic (exact) mass is 383 g/mol. The van der Waals surface area contributed by atoms with Crippen molar-refractivity contribution in [3.63, 3.8) is 0 Å². The van der Waals surface area contributed by atoms with Gasteiger partial charge in [-0.1, -0.05) is 51.1 Å². The molecule has 0 aliphatic rings. The van der Waals surface area contributed by atoms with E-state index >= 15 is 0 Å². The first-order valence-electron chi connectivity index (χ1n) is 10.1. The van der Waals surface area contributed by atoms with E-state index in [1.54, 1.807) is 4.90 Å². The highest BCUT2D eigenvalue weighted by atomic mass is 16.2. The van der Waals surface area contributed by atoms with Gasteiger partial charge in [-0.15, -0.1) is 0 Å². The number of rotatable bonds is 9. The maximum atomic E-state index is 13.3. The molecule has 1 aromatic heterocycles. The summed E-state index contributed by atoms with van der Waals surface area (Å²) >= 11 is 0. The molecule has 2 rings (SSSR count). The fourth-order valence-corrected chi connectivity index (χ4v) is 3.14. The van der Waals surface area contributed by atoms with Crippen LogP contribution in [0.25, 0.3) is 0 Å². The van der Waals surface area contributed by atoms with Crippen molar-refractivity contribution in [3.8, 4) is 0 Å². The van der Waals surface area contributed by atoms with Gasteiger partial charge in [0.05, 0.1) is 6.54 Å². The Labute approximate surface area is 168 Å². The molecule has 0 saturated carbocycles. The zero-order valence-corrected chi connectivity index (χ0v) is 17.8. The predicted molar refractivity (Wildman–Crippen MR) is 112 cm³/mol. The molecule has 0 bridgehead atoms. The molecule has 1 heterocycles. The lowest BCUT2D eigenvalue weighted by Gasteiger charge is -2.32. The summed E-state index contributed by atoms with van der Waals surface area (Å²) in [6.45, 7) is 8.97. The standard InChI is InChI=1S/C23H33N3O2/c1-6-19(4)26(23(28)18(2)3)17-22(27)25(15-20-11-8-7-9-12-20)16-21-13-10-14-24(21)5/h7-14,18-19H,6,15-17H2,1-5H3/t19-/m1/s1. The summed E-state index contributed by atoms with van der Waals surface area (Å²) in [6, 6.07) is 14.0. The predicted octanol–water partition coefficient (Wildman–Crippen LogP) is 3.84. The maximum absolute atomic E-state index is 13.3. The first-order chi connectivity index (χ1) is 13.3. The Morgan fingerprint density at radius 3 is 2.21 bits per heavy atom. The van der Waals surface area contributed by atoms with Crippen LogP contribution in [0.2, 0.25) is 0 Å². The molecule has 0 saturated heterocycles. The molecule has 0 aliphatic heterocycles. The molecular weight excluding hydrogens is 350 g/mol. The first kappa shape index (κ1) is 21.7. The number of aryl methyl sites for hydroxylation is 1. The van der Waals surface area contributed by atoms with Crippen molar-refractivity contribution >= 4 is 11.8 Å². The zero-order valence-electron chi connectivity index (χ0n) is 17.8. The van der Waals surface area contributed by atoms with Crippen LogP contribution in [-0.4, -0.2) is 38.8 Å². The number of hydrogen-bond donors (Lipinski definition) is 0. The van der Waals surface area contributed by atoms with Gasteiger partial charge in [0, 0.05) is 37.4 Å². The summed E-state index contributed by atoms with van der Waals surface area (Å²) in [4.78, 5) is 29.5. The number of benzene rings is 1. The van der Waals surface area contributed by atoms with Crippen LogP contribution in [0, 0.1) is 5.92 Å². The molecule has 5 nitrogen and oxygen atoms in total. The lowest BCUT2D eigenvalue weighted by molar-refractivity contribution is -0.145. The van der Waals surface area contributed by atoms with Crippen molar-refractivity contribution in [1.82, 2.24) is 14.4 Å². The van der Waals surface area contributed by atoms with E-state index in [-0.39, 0.29) is 30.3 Å². The van der Waals surface area contributed by atoms with E-state index in [0.717, 1.165) is 17.7 Å². The number of aromatic nitrogens is 1. The van der Waals surface area contributed by atoms with Crippen LogP contribution in [0.4, 0.5) is 0 Å². The molecule has 0 radical (unpaired) electrons. The van der Waals surface area contributed by atoms with Gasteiger partial charge >= 0.3 is 0 Å². The zero-order chi connectivity index (χ0) is 20.7. The van der Waals surface area contributed by atoms with E-state index in [2.05, 4.69) is 0 Å². The molecule has 1 atom stereocenters. The fourth-order valence-electron chi connectivity index (χ4n) is 3.14. The first-order valence-corrected chi connectivity index (χ1v) is 10.1. The highest BCUT2D eigenvalue weighted by Crippen LogP contribution is 2.14. The molecule has 0 unspecified atom stereocenters. The summed E-state index contributed by atoms with van der Waals surface area (Å²) in [5.74, 6) is -0.127. The van der Waals surface area contributed by atoms with Crippen molar-refractivity contribution < 1.29 is 9.59 Å². The third-order valence-electron chi connectivity index (χ3n) is 5.18. The molecular formula is C23H33N3O2. The minimum absolute atomic E-state index is 0.0284. The molecule has 5 heteroatoms. The quantitative estimate of drug-likeness (QED) is 0.660. The second-order valence-corrected chi connectivity index (χ2v) is 7.72. The third-order valence-corrected chi connectivity index (χ3v) is 5.18. The van der Waals surface area contributed by atoms with E-state index in [9.17, 15) is 9.59 Å². The van der Waals surface area contributed by atoms with Gasteiger partial charge in [-0.25, -0.2) is 0 Å². The van der Waals surface area contributed by atoms with Crippen molar-refractivity contribution in [2.45, 2.75) is 53.2 Å². The van der Waals surface area contributed by atoms with Crippen LogP contribution >= 0.6 is 0 Å². The second-order valence-electron chi connectivity index (χ2n) is 7.72. The van der Waals surface area contributed by atoms with E-state index in [1.165, 1.54) is 0 Å². The van der Waals surface area contributed by atoms with Crippen molar-refractivity contribution in [2.24, 2.45) is 13.0 Å². The SMILES string of the molecule is CC[C@@H](C)N(CC(=O)N(Cc1ccccc1)Cc1cccn1C)C(=O)C(C)C. The van der Waals surface area contributed by atoms with Crippen LogP contribution in [0.1, 0.15) is 45.4 Å². The molecule has 0 aliphatic carbocycles. The molecule has 152 valence electrons. The van der Waals surface area contributed by atoms with E-state index in [0.29, 0.717) is 13.1 Å². The Hall–Kier alpha value is -2.56. The summed E-state index contributed by atoms with van der Waals surface area (Å²) in [5, 5.41) is 0. The number of nitrogens with zero attached hydrogens (tertiary/aromatic N) is 3. The molecule has 0 N–H and O–H groups in total. The lowest BCUT2D eigenvalue weighted by atomic mass is 10.1. The van der Waals surface area contributed by atoms with Crippen LogP contribution in [0.3, 0.4) is 0 Å². The van der Waals surface area contributed by atoms with E-state index in [1.807, 2.05) is 92.9 Å². The van der Waals surface area contributed by atoms with Crippen molar-refractivity contribution in [2.75, 3.05) is 6.54 Å². The molecule has 28 heavy (non-hydrogen) atoms. The van der Waals surface area contributed by atoms with Gasteiger partial charge in [0.15, 0.2) is 0 Å². The summed E-state index contributed by atoms with van der Waals surface area (Å²) < 4.78 is 2.02. The highest BCUT2D eigenvalue weighted by Gasteiger charge is 2.26. The van der Waals surface area contributed by atoms with Crippen molar-refractivity contribution in [3.05, 3.63) is 59.9 Å². The normalized spacial score (nSPS) is 12.1. The largest absolute Gasteiger partial charge is 0.353 e. The number of amides is 2. The maximum Gasteiger partial charge on any atom is 0.242 e. The van der Waals surface area contributed by atoms with Crippen LogP contribution in [-0.2, 0) is 29.7 Å². The van der Waals surface area contributed by atoms with Gasteiger partial charge in [0.1, 0.15) is 6.54 Å². The molecule has 2 aromatic rings. The van der Waals surface area contributed by atoms with Gasteiger partial charge in [-0.05, 0) is 31.0 Å². The summed E-state index contributed by atoms with van der Waals surface area (Å²) in [6.07, 6.45) is 2.80. The smallest absolute Gasteiger partial charge is 0.242 e. The molecule has 1 aromatic carbocycles. The van der Waals surface area contributed by atoms with Gasteiger partial charge < -0.3 is 14.4 Å². The molecule has 0 spiro atoms. The highest BCUT2D eigenvalue weighted by molar-refractivity contribution is 5.86. The minimum Gasteiger partial charge on any atom is -0.353 e. The Morgan fingerprint density at radius 1 is 1.00 bits per heavy atom. The Kier molecular flexibility index (Phi) is 7.85. The van der Waals surface area contributed by atoms with Gasteiger partial charge in [0.25, 0.3) is 0 Å². The summed E-state index contributed by atoms with van der Waals surface area (Å²) in [5.41, 5.74) is 2.14. The number of carbonyl (C=O) groups is 2. The van der Waals surface area contributed by atoms with E-state index in [4.69, 9.17) is 0 Å². The summed E-state index contributed by atoms with van der Waals surface area (Å²) in [7, 11) is 1.98. The third kappa shape index (κ3) is 5.72. The van der Waals surface area contributed by atoms with Crippen molar-refractivity contribution in [1.29, 1.82) is 0 Å². The minimum atomic E-state index is -0.128. The lowest BCUT2D eigenvalue weighted by Crippen LogP contribution is -2.47. The average molecular weight is 384 g/mol. The van der Waals surface area contributed by atoms with Crippen LogP contribution < -0.4 is 0 Å². The Balaban J connectivity index is 2.23. The van der Waals surface area contributed by atoms with Crippen LogP contribution in [0.5, 0.6) is 0 Å². The molecule has 2 amide bonds. The Bertz CT molecular complexity index is 767. The number of carbonyl (C=O) groups excluding carboxylic acids is 2. The van der Waals surface area contributed by atoms with E-state index < -0.39 is 0 Å². The fraction of sp³-hybridized carbons (Fsp3) is 0.478. The number of hydrogen-bond acceptors (Lipinski definition) is 2. The van der Waals surface area contributed by atoms with Crippen LogP contribution in [0.15, 0.2) is 48.7 Å².